The van der Waals surface area contributed by atoms with E-state index in [1.165, 1.54) is 0 Å². The molecule has 0 fully saturated rings. The molecule has 0 aliphatic rings. The van der Waals surface area contributed by atoms with Crippen molar-refractivity contribution >= 4 is 5.97 Å². The molecule has 1 rings (SSSR count). The van der Waals surface area contributed by atoms with Crippen molar-refractivity contribution in [3.05, 3.63) is 34.9 Å². The Labute approximate surface area is 76.2 Å². The van der Waals surface area contributed by atoms with Crippen molar-refractivity contribution in [2.45, 2.75) is 13.3 Å². The standard InChI is InChI=1S/C10H9NO2/c1-7-3-2-4-8(5-6-11)9(7)10(12)13/h2-4H,5H2,1H3,(H,12,13). The van der Waals surface area contributed by atoms with E-state index in [-0.39, 0.29) is 12.0 Å². The molecule has 1 N–H and O–H groups in total. The average molecular weight is 175 g/mol. The van der Waals surface area contributed by atoms with E-state index in [9.17, 15) is 4.79 Å². The molecule has 0 amide bonds. The first-order valence-corrected chi connectivity index (χ1v) is 3.85. The van der Waals surface area contributed by atoms with Gasteiger partial charge in [0.15, 0.2) is 0 Å². The van der Waals surface area contributed by atoms with Crippen LogP contribution in [-0.4, -0.2) is 11.1 Å². The third-order valence-electron chi connectivity index (χ3n) is 1.84. The normalized spacial score (nSPS) is 9.23. The number of benzene rings is 1. The monoisotopic (exact) mass is 175 g/mol. The number of carboxylic acid groups (broad SMARTS) is 1. The first kappa shape index (κ1) is 9.27. The highest BCUT2D eigenvalue weighted by Crippen LogP contribution is 2.14. The number of nitrogens with zero attached hydrogens (tertiary/aromatic N) is 1. The maximum absolute atomic E-state index is 10.8. The van der Waals surface area contributed by atoms with Crippen molar-refractivity contribution in [1.82, 2.24) is 0 Å². The van der Waals surface area contributed by atoms with Crippen molar-refractivity contribution < 1.29 is 9.90 Å². The molecule has 13 heavy (non-hydrogen) atoms. The fraction of sp³-hybridized carbons (Fsp3) is 0.200. The minimum Gasteiger partial charge on any atom is -0.478 e. The summed E-state index contributed by atoms with van der Waals surface area (Å²) in [6, 6.07) is 7.09. The summed E-state index contributed by atoms with van der Waals surface area (Å²) in [5.74, 6) is -0.969. The van der Waals surface area contributed by atoms with Crippen LogP contribution in [0.5, 0.6) is 0 Å². The Kier molecular flexibility index (Phi) is 2.65. The van der Waals surface area contributed by atoms with E-state index in [2.05, 4.69) is 0 Å². The number of aromatic carboxylic acids is 1. The maximum Gasteiger partial charge on any atom is 0.336 e. The van der Waals surface area contributed by atoms with Crippen molar-refractivity contribution in [2.24, 2.45) is 0 Å². The summed E-state index contributed by atoms with van der Waals surface area (Å²) in [4.78, 5) is 10.8. The van der Waals surface area contributed by atoms with Crippen LogP contribution in [0.3, 0.4) is 0 Å². The fourth-order valence-corrected chi connectivity index (χ4v) is 1.27. The zero-order chi connectivity index (χ0) is 9.84. The molecule has 0 saturated heterocycles. The lowest BCUT2D eigenvalue weighted by Gasteiger charge is -2.04. The molecule has 3 nitrogen and oxygen atoms in total. The Morgan fingerprint density at radius 1 is 1.62 bits per heavy atom. The van der Waals surface area contributed by atoms with Gasteiger partial charge in [0.05, 0.1) is 18.1 Å². The number of hydrogen-bond donors (Lipinski definition) is 1. The lowest BCUT2D eigenvalue weighted by molar-refractivity contribution is 0.0695. The van der Waals surface area contributed by atoms with Crippen molar-refractivity contribution in [3.63, 3.8) is 0 Å². The van der Waals surface area contributed by atoms with E-state index in [4.69, 9.17) is 10.4 Å². The molecule has 0 saturated carbocycles. The highest BCUT2D eigenvalue weighted by Gasteiger charge is 2.11. The van der Waals surface area contributed by atoms with E-state index in [1.807, 2.05) is 6.07 Å². The van der Waals surface area contributed by atoms with Gasteiger partial charge in [-0.25, -0.2) is 4.79 Å². The molecule has 0 aliphatic carbocycles. The lowest BCUT2D eigenvalue weighted by Crippen LogP contribution is -2.04. The Bertz CT molecular complexity index is 377. The Morgan fingerprint density at radius 3 is 2.85 bits per heavy atom. The van der Waals surface area contributed by atoms with Crippen LogP contribution in [0, 0.1) is 18.3 Å². The Morgan fingerprint density at radius 2 is 2.31 bits per heavy atom. The predicted octanol–water partition coefficient (Wildman–Crippen LogP) is 1.76. The van der Waals surface area contributed by atoms with E-state index < -0.39 is 5.97 Å². The predicted molar refractivity (Wildman–Crippen MR) is 47.5 cm³/mol. The number of carbonyl (C=O) groups is 1. The molecular weight excluding hydrogens is 166 g/mol. The maximum atomic E-state index is 10.8. The summed E-state index contributed by atoms with van der Waals surface area (Å²) in [5.41, 5.74) is 1.53. The fourth-order valence-electron chi connectivity index (χ4n) is 1.27. The second-order valence-corrected chi connectivity index (χ2v) is 2.75. The molecule has 0 aromatic heterocycles. The van der Waals surface area contributed by atoms with Crippen LogP contribution in [0.15, 0.2) is 18.2 Å². The largest absolute Gasteiger partial charge is 0.478 e. The summed E-state index contributed by atoms with van der Waals surface area (Å²) >= 11 is 0. The molecule has 0 radical (unpaired) electrons. The van der Waals surface area contributed by atoms with Gasteiger partial charge in [-0.15, -0.1) is 0 Å². The van der Waals surface area contributed by atoms with E-state index in [0.717, 1.165) is 0 Å². The topological polar surface area (TPSA) is 61.1 Å². The highest BCUT2D eigenvalue weighted by atomic mass is 16.4. The van der Waals surface area contributed by atoms with Gasteiger partial charge < -0.3 is 5.11 Å². The third-order valence-corrected chi connectivity index (χ3v) is 1.84. The van der Waals surface area contributed by atoms with E-state index in [1.54, 1.807) is 25.1 Å². The number of rotatable bonds is 2. The molecule has 0 bridgehead atoms. The number of aryl methyl sites for hydroxylation is 1. The second-order valence-electron chi connectivity index (χ2n) is 2.75. The minimum absolute atomic E-state index is 0.142. The zero-order valence-corrected chi connectivity index (χ0v) is 7.24. The van der Waals surface area contributed by atoms with E-state index in [0.29, 0.717) is 11.1 Å². The SMILES string of the molecule is Cc1cccc(CC#N)c1C(=O)O. The summed E-state index contributed by atoms with van der Waals surface area (Å²) in [7, 11) is 0. The third kappa shape index (κ3) is 1.85. The van der Waals surface area contributed by atoms with Gasteiger partial charge in [-0.1, -0.05) is 18.2 Å². The van der Waals surface area contributed by atoms with Crippen LogP contribution in [0.1, 0.15) is 21.5 Å². The molecule has 1 aromatic carbocycles. The van der Waals surface area contributed by atoms with Crippen LogP contribution in [-0.2, 0) is 6.42 Å². The van der Waals surface area contributed by atoms with Gasteiger partial charge in [0.25, 0.3) is 0 Å². The van der Waals surface area contributed by atoms with Crippen LogP contribution in [0.4, 0.5) is 0 Å². The van der Waals surface area contributed by atoms with Gasteiger partial charge >= 0.3 is 5.97 Å². The zero-order valence-electron chi connectivity index (χ0n) is 7.24. The summed E-state index contributed by atoms with van der Waals surface area (Å²) in [5, 5.41) is 17.3. The quantitative estimate of drug-likeness (QED) is 0.744. The molecule has 0 spiro atoms. The summed E-state index contributed by atoms with van der Waals surface area (Å²) in [6.07, 6.45) is 0.142. The first-order chi connectivity index (χ1) is 6.16. The highest BCUT2D eigenvalue weighted by molar-refractivity contribution is 5.91. The van der Waals surface area contributed by atoms with Gasteiger partial charge in [-0.2, -0.15) is 5.26 Å². The van der Waals surface area contributed by atoms with E-state index >= 15 is 0 Å². The molecule has 3 heteroatoms. The van der Waals surface area contributed by atoms with Gasteiger partial charge in [-0.05, 0) is 18.1 Å². The van der Waals surface area contributed by atoms with Crippen LogP contribution in [0.2, 0.25) is 0 Å². The van der Waals surface area contributed by atoms with Gasteiger partial charge in [0, 0.05) is 0 Å². The summed E-state index contributed by atoms with van der Waals surface area (Å²) < 4.78 is 0. The average Bonchev–Trinajstić information content (AvgIpc) is 2.04. The Hall–Kier alpha value is -1.82. The molecule has 0 heterocycles. The molecule has 0 atom stereocenters. The van der Waals surface area contributed by atoms with Crippen molar-refractivity contribution in [3.8, 4) is 6.07 Å². The van der Waals surface area contributed by atoms with Crippen LogP contribution >= 0.6 is 0 Å². The molecule has 0 unspecified atom stereocenters. The molecular formula is C10H9NO2. The molecule has 66 valence electrons. The number of nitriles is 1. The smallest absolute Gasteiger partial charge is 0.336 e. The number of carboxylic acids is 1. The van der Waals surface area contributed by atoms with Gasteiger partial charge in [0.1, 0.15) is 0 Å². The number of hydrogen-bond acceptors (Lipinski definition) is 2. The first-order valence-electron chi connectivity index (χ1n) is 3.85. The lowest BCUT2D eigenvalue weighted by atomic mass is 10.0. The molecule has 0 aliphatic heterocycles. The second kappa shape index (κ2) is 3.72. The minimum atomic E-state index is -0.969. The van der Waals surface area contributed by atoms with Gasteiger partial charge in [0.2, 0.25) is 0 Å². The summed E-state index contributed by atoms with van der Waals surface area (Å²) in [6.45, 7) is 1.73. The van der Waals surface area contributed by atoms with Crippen LogP contribution in [0.25, 0.3) is 0 Å². The van der Waals surface area contributed by atoms with Crippen LogP contribution < -0.4 is 0 Å². The Balaban J connectivity index is 3.27. The van der Waals surface area contributed by atoms with Crippen molar-refractivity contribution in [2.75, 3.05) is 0 Å². The van der Waals surface area contributed by atoms with Gasteiger partial charge in [-0.3, -0.25) is 0 Å². The van der Waals surface area contributed by atoms with Crippen molar-refractivity contribution in [1.29, 1.82) is 5.26 Å². The molecule has 1 aromatic rings.